The van der Waals surface area contributed by atoms with Crippen LogP contribution in [-0.2, 0) is 23.8 Å². The highest BCUT2D eigenvalue weighted by Crippen LogP contribution is 2.51. The molecule has 0 saturated carbocycles. The maximum absolute atomic E-state index is 11.5. The van der Waals surface area contributed by atoms with Gasteiger partial charge in [-0.25, -0.2) is 9.59 Å². The van der Waals surface area contributed by atoms with E-state index in [1.165, 1.54) is 26.4 Å². The third kappa shape index (κ3) is 4.25. The summed E-state index contributed by atoms with van der Waals surface area (Å²) in [6.07, 6.45) is 3.97. The molecule has 160 valence electrons. The van der Waals surface area contributed by atoms with Crippen LogP contribution in [0.2, 0.25) is 10.0 Å². The van der Waals surface area contributed by atoms with E-state index in [2.05, 4.69) is 9.47 Å². The Morgan fingerprint density at radius 1 is 0.806 bits per heavy atom. The molecule has 0 amide bonds. The van der Waals surface area contributed by atoms with Gasteiger partial charge in [-0.05, 0) is 36.4 Å². The van der Waals surface area contributed by atoms with Crippen molar-refractivity contribution in [2.75, 3.05) is 14.2 Å². The van der Waals surface area contributed by atoms with Crippen molar-refractivity contribution in [3.8, 4) is 11.5 Å². The van der Waals surface area contributed by atoms with Crippen LogP contribution in [0.25, 0.3) is 12.2 Å². The number of carbonyl (C=O) groups excluding carboxylic acids is 2. The van der Waals surface area contributed by atoms with Gasteiger partial charge in [0, 0.05) is 33.3 Å². The summed E-state index contributed by atoms with van der Waals surface area (Å²) in [4.78, 5) is 23.0. The lowest BCUT2D eigenvalue weighted by Crippen LogP contribution is -2.31. The molecule has 0 N–H and O–H groups in total. The summed E-state index contributed by atoms with van der Waals surface area (Å²) in [7, 11) is 2.57. The van der Waals surface area contributed by atoms with Gasteiger partial charge in [-0.3, -0.25) is 4.74 Å². The van der Waals surface area contributed by atoms with Crippen molar-refractivity contribution in [1.29, 1.82) is 0 Å². The van der Waals surface area contributed by atoms with Crippen molar-refractivity contribution in [3.63, 3.8) is 0 Å². The van der Waals surface area contributed by atoms with Gasteiger partial charge in [0.1, 0.15) is 11.5 Å². The predicted molar refractivity (Wildman–Crippen MR) is 113 cm³/mol. The van der Waals surface area contributed by atoms with Gasteiger partial charge < -0.3 is 18.9 Å². The second-order valence-electron chi connectivity index (χ2n) is 6.58. The number of fused-ring (bicyclic) bond motifs is 6. The molecule has 2 aromatic carbocycles. The van der Waals surface area contributed by atoms with Crippen LogP contribution in [0, 0.1) is 0 Å². The predicted octanol–water partition coefficient (Wildman–Crippen LogP) is 4.86. The van der Waals surface area contributed by atoms with Crippen molar-refractivity contribution in [3.05, 3.63) is 68.7 Å². The molecule has 2 heterocycles. The standard InChI is InChI=1S/C22H16Cl2O7/c1-27-17(25)5-3-11-7-13(23)9-15-19(11)29-22-16-10-14(24)8-12(4-6-18(26)28-2)20(16)30-21(15)31-22/h3-10,21-22H,1-2H3. The highest BCUT2D eigenvalue weighted by molar-refractivity contribution is 6.31. The van der Waals surface area contributed by atoms with Gasteiger partial charge >= 0.3 is 11.9 Å². The highest BCUT2D eigenvalue weighted by atomic mass is 35.5. The number of methoxy groups -OCH3 is 2. The fourth-order valence-electron chi connectivity index (χ4n) is 3.25. The molecule has 2 bridgehead atoms. The minimum Gasteiger partial charge on any atom is -0.466 e. The minimum absolute atomic E-state index is 0.408. The number of esters is 2. The van der Waals surface area contributed by atoms with Crippen LogP contribution < -0.4 is 9.47 Å². The molecule has 2 aliphatic heterocycles. The fraction of sp³-hybridized carbons (Fsp3) is 0.182. The largest absolute Gasteiger partial charge is 0.466 e. The Balaban J connectivity index is 1.77. The summed E-state index contributed by atoms with van der Waals surface area (Å²) in [6, 6.07) is 6.64. The van der Waals surface area contributed by atoms with Gasteiger partial charge in [-0.2, -0.15) is 0 Å². The first-order valence-corrected chi connectivity index (χ1v) is 9.83. The van der Waals surface area contributed by atoms with Crippen LogP contribution in [-0.4, -0.2) is 26.2 Å². The van der Waals surface area contributed by atoms with Crippen LogP contribution in [0.1, 0.15) is 34.8 Å². The number of hydrogen-bond acceptors (Lipinski definition) is 7. The first kappa shape index (κ1) is 21.2. The third-order valence-corrected chi connectivity index (χ3v) is 5.06. The summed E-state index contributed by atoms with van der Waals surface area (Å²) < 4.78 is 27.4. The number of benzene rings is 2. The average molecular weight is 463 g/mol. The Morgan fingerprint density at radius 2 is 1.23 bits per heavy atom. The van der Waals surface area contributed by atoms with E-state index in [9.17, 15) is 9.59 Å². The molecular formula is C22H16Cl2O7. The number of ether oxygens (including phenoxy) is 5. The van der Waals surface area contributed by atoms with Gasteiger partial charge in [-0.15, -0.1) is 0 Å². The average Bonchev–Trinajstić information content (AvgIpc) is 2.76. The number of hydrogen-bond donors (Lipinski definition) is 0. The maximum Gasteiger partial charge on any atom is 0.330 e. The van der Waals surface area contributed by atoms with E-state index >= 15 is 0 Å². The quantitative estimate of drug-likeness (QED) is 0.473. The summed E-state index contributed by atoms with van der Waals surface area (Å²) in [5, 5.41) is 0.815. The Labute approximate surface area is 187 Å². The van der Waals surface area contributed by atoms with Crippen molar-refractivity contribution in [2.45, 2.75) is 12.6 Å². The second-order valence-corrected chi connectivity index (χ2v) is 7.45. The molecule has 2 unspecified atom stereocenters. The fourth-order valence-corrected chi connectivity index (χ4v) is 3.72. The smallest absolute Gasteiger partial charge is 0.330 e. The van der Waals surface area contributed by atoms with Crippen LogP contribution in [0.15, 0.2) is 36.4 Å². The van der Waals surface area contributed by atoms with E-state index in [1.807, 2.05) is 0 Å². The van der Waals surface area contributed by atoms with Crippen molar-refractivity contribution >= 4 is 47.3 Å². The van der Waals surface area contributed by atoms with Crippen molar-refractivity contribution in [2.24, 2.45) is 0 Å². The SMILES string of the molecule is COC(=O)C=Cc1cc(Cl)cc2c1OC1OC2Oc2c(C=CC(=O)OC)cc(Cl)cc21. The highest BCUT2D eigenvalue weighted by Gasteiger charge is 2.40. The lowest BCUT2D eigenvalue weighted by atomic mass is 10.0. The Kier molecular flexibility index (Phi) is 5.91. The molecule has 7 nitrogen and oxygen atoms in total. The van der Waals surface area contributed by atoms with E-state index in [0.717, 1.165) is 0 Å². The zero-order valence-electron chi connectivity index (χ0n) is 16.4. The number of carbonyl (C=O) groups is 2. The third-order valence-electron chi connectivity index (χ3n) is 4.63. The van der Waals surface area contributed by atoms with Gasteiger partial charge in [0.2, 0.25) is 12.6 Å². The number of rotatable bonds is 4. The topological polar surface area (TPSA) is 80.3 Å². The number of halogens is 2. The molecule has 0 saturated heterocycles. The van der Waals surface area contributed by atoms with Gasteiger partial charge in [0.25, 0.3) is 0 Å². The molecule has 0 radical (unpaired) electrons. The van der Waals surface area contributed by atoms with E-state index < -0.39 is 24.5 Å². The van der Waals surface area contributed by atoms with Gasteiger partial charge in [0.05, 0.1) is 25.3 Å². The summed E-state index contributed by atoms with van der Waals surface area (Å²) >= 11 is 12.5. The summed E-state index contributed by atoms with van der Waals surface area (Å²) in [6.45, 7) is 0. The molecule has 0 fully saturated rings. The van der Waals surface area contributed by atoms with Gasteiger partial charge in [0.15, 0.2) is 0 Å². The first-order valence-electron chi connectivity index (χ1n) is 9.07. The zero-order valence-corrected chi connectivity index (χ0v) is 17.9. The summed E-state index contributed by atoms with van der Waals surface area (Å²) in [5.74, 6) is -0.112. The molecule has 2 aromatic rings. The van der Waals surface area contributed by atoms with Crippen LogP contribution >= 0.6 is 23.2 Å². The van der Waals surface area contributed by atoms with E-state index in [-0.39, 0.29) is 0 Å². The Morgan fingerprint density at radius 3 is 1.61 bits per heavy atom. The molecule has 4 rings (SSSR count). The zero-order chi connectivity index (χ0) is 22.1. The van der Waals surface area contributed by atoms with E-state index in [0.29, 0.717) is 43.8 Å². The first-order chi connectivity index (χ1) is 14.9. The molecule has 9 heteroatoms. The van der Waals surface area contributed by atoms with Gasteiger partial charge in [-0.1, -0.05) is 23.2 Å². The van der Waals surface area contributed by atoms with Crippen molar-refractivity contribution in [1.82, 2.24) is 0 Å². The Hall–Kier alpha value is -3.00. The molecule has 0 aliphatic carbocycles. The minimum atomic E-state index is -0.823. The summed E-state index contributed by atoms with van der Waals surface area (Å²) in [5.41, 5.74) is 2.23. The van der Waals surface area contributed by atoms with Crippen LogP contribution in [0.3, 0.4) is 0 Å². The molecule has 31 heavy (non-hydrogen) atoms. The lowest BCUT2D eigenvalue weighted by Gasteiger charge is -2.39. The van der Waals surface area contributed by atoms with E-state index in [1.54, 1.807) is 36.4 Å². The molecule has 0 spiro atoms. The molecule has 2 atom stereocenters. The van der Waals surface area contributed by atoms with E-state index in [4.69, 9.17) is 37.4 Å². The maximum atomic E-state index is 11.5. The Bertz CT molecular complexity index is 1040. The lowest BCUT2D eigenvalue weighted by molar-refractivity contribution is -0.227. The second kappa shape index (κ2) is 8.63. The van der Waals surface area contributed by atoms with Crippen LogP contribution in [0.5, 0.6) is 11.5 Å². The van der Waals surface area contributed by atoms with Crippen molar-refractivity contribution < 1.29 is 33.3 Å². The monoisotopic (exact) mass is 462 g/mol. The normalized spacial score (nSPS) is 18.7. The molecular weight excluding hydrogens is 447 g/mol. The molecule has 2 aliphatic rings. The van der Waals surface area contributed by atoms with Crippen LogP contribution in [0.4, 0.5) is 0 Å². The molecule has 0 aromatic heterocycles.